The van der Waals surface area contributed by atoms with E-state index in [1.807, 2.05) is 42.1 Å². The summed E-state index contributed by atoms with van der Waals surface area (Å²) < 4.78 is 7.46. The largest absolute Gasteiger partial charge is 0.493 e. The predicted octanol–water partition coefficient (Wildman–Crippen LogP) is 2.02. The van der Waals surface area contributed by atoms with Gasteiger partial charge in [-0.1, -0.05) is 18.2 Å². The number of aliphatic hydroxyl groups is 1. The number of fused-ring (bicyclic) bond motifs is 1. The Balaban J connectivity index is 1.94. The molecule has 1 aliphatic rings. The third-order valence-electron chi connectivity index (χ3n) is 3.41. The minimum atomic E-state index is -0.573. The molecule has 0 fully saturated rings. The van der Waals surface area contributed by atoms with Crippen molar-refractivity contribution in [2.24, 2.45) is 7.05 Å². The third kappa shape index (κ3) is 1.88. The van der Waals surface area contributed by atoms with Crippen LogP contribution in [0.15, 0.2) is 36.8 Å². The summed E-state index contributed by atoms with van der Waals surface area (Å²) in [4.78, 5) is 4.24. The summed E-state index contributed by atoms with van der Waals surface area (Å²) in [6.45, 7) is 0.644. The van der Waals surface area contributed by atoms with Crippen LogP contribution in [0.4, 0.5) is 0 Å². The van der Waals surface area contributed by atoms with Gasteiger partial charge in [-0.05, 0) is 12.5 Å². The highest BCUT2D eigenvalue weighted by Crippen LogP contribution is 2.40. The fourth-order valence-electron chi connectivity index (χ4n) is 2.49. The van der Waals surface area contributed by atoms with Crippen molar-refractivity contribution in [3.05, 3.63) is 48.0 Å². The quantitative estimate of drug-likeness (QED) is 0.879. The van der Waals surface area contributed by atoms with E-state index in [-0.39, 0.29) is 5.92 Å². The molecule has 0 saturated heterocycles. The second-order valence-corrected chi connectivity index (χ2v) is 4.69. The van der Waals surface area contributed by atoms with E-state index in [0.717, 1.165) is 23.4 Å². The molecule has 1 aromatic carbocycles. The van der Waals surface area contributed by atoms with Gasteiger partial charge in [0.1, 0.15) is 11.9 Å². The first-order valence-electron chi connectivity index (χ1n) is 6.13. The summed E-state index contributed by atoms with van der Waals surface area (Å²) in [6.07, 6.45) is 3.82. The minimum Gasteiger partial charge on any atom is -0.493 e. The maximum absolute atomic E-state index is 10.5. The molecule has 0 saturated carbocycles. The molecular weight excluding hydrogens is 228 g/mol. The number of benzene rings is 1. The summed E-state index contributed by atoms with van der Waals surface area (Å²) in [6, 6.07) is 7.90. The van der Waals surface area contributed by atoms with Crippen LogP contribution in [0.5, 0.6) is 5.75 Å². The maximum atomic E-state index is 10.5. The zero-order chi connectivity index (χ0) is 12.5. The highest BCUT2D eigenvalue weighted by molar-refractivity contribution is 5.39. The third-order valence-corrected chi connectivity index (χ3v) is 3.41. The van der Waals surface area contributed by atoms with Crippen LogP contribution >= 0.6 is 0 Å². The summed E-state index contributed by atoms with van der Waals surface area (Å²) in [5.74, 6) is 0.939. The smallest absolute Gasteiger partial charge is 0.122 e. The number of para-hydroxylation sites is 1. The van der Waals surface area contributed by atoms with Gasteiger partial charge in [0.25, 0.3) is 0 Å². The van der Waals surface area contributed by atoms with Crippen molar-refractivity contribution in [3.63, 3.8) is 0 Å². The van der Waals surface area contributed by atoms with E-state index in [1.165, 1.54) is 0 Å². The van der Waals surface area contributed by atoms with Gasteiger partial charge in [-0.3, -0.25) is 0 Å². The summed E-state index contributed by atoms with van der Waals surface area (Å²) >= 11 is 0. The van der Waals surface area contributed by atoms with E-state index < -0.39 is 6.10 Å². The summed E-state index contributed by atoms with van der Waals surface area (Å²) in [5, 5.41) is 10.5. The molecule has 2 atom stereocenters. The number of ether oxygens (including phenoxy) is 1. The van der Waals surface area contributed by atoms with Gasteiger partial charge in [0.15, 0.2) is 0 Å². The van der Waals surface area contributed by atoms with E-state index in [4.69, 9.17) is 4.74 Å². The van der Waals surface area contributed by atoms with Crippen LogP contribution in [0, 0.1) is 0 Å². The SMILES string of the molecule is Cn1cnc(C(O)C2CCOc3ccccc32)c1. The van der Waals surface area contributed by atoms with E-state index in [1.54, 1.807) is 6.33 Å². The molecule has 0 aliphatic carbocycles. The molecule has 0 amide bonds. The van der Waals surface area contributed by atoms with Crippen LogP contribution in [-0.2, 0) is 7.05 Å². The average molecular weight is 244 g/mol. The van der Waals surface area contributed by atoms with Gasteiger partial charge < -0.3 is 14.4 Å². The Morgan fingerprint density at radius 3 is 3.06 bits per heavy atom. The monoisotopic (exact) mass is 244 g/mol. The van der Waals surface area contributed by atoms with Gasteiger partial charge in [-0.25, -0.2) is 4.98 Å². The lowest BCUT2D eigenvalue weighted by atomic mass is 9.87. The zero-order valence-electron chi connectivity index (χ0n) is 10.3. The van der Waals surface area contributed by atoms with Gasteiger partial charge in [-0.2, -0.15) is 0 Å². The highest BCUT2D eigenvalue weighted by atomic mass is 16.5. The van der Waals surface area contributed by atoms with Crippen molar-refractivity contribution in [1.82, 2.24) is 9.55 Å². The number of hydrogen-bond acceptors (Lipinski definition) is 3. The van der Waals surface area contributed by atoms with Crippen molar-refractivity contribution < 1.29 is 9.84 Å². The van der Waals surface area contributed by atoms with Crippen molar-refractivity contribution >= 4 is 0 Å². The molecule has 2 unspecified atom stereocenters. The molecule has 2 heterocycles. The first-order valence-corrected chi connectivity index (χ1v) is 6.13. The summed E-state index contributed by atoms with van der Waals surface area (Å²) in [7, 11) is 1.90. The van der Waals surface area contributed by atoms with Crippen molar-refractivity contribution in [2.75, 3.05) is 6.61 Å². The molecule has 1 aromatic heterocycles. The number of aliphatic hydroxyl groups excluding tert-OH is 1. The normalized spacial score (nSPS) is 20.0. The van der Waals surface area contributed by atoms with Crippen LogP contribution in [-0.4, -0.2) is 21.3 Å². The maximum Gasteiger partial charge on any atom is 0.122 e. The lowest BCUT2D eigenvalue weighted by Gasteiger charge is -2.28. The second-order valence-electron chi connectivity index (χ2n) is 4.69. The van der Waals surface area contributed by atoms with E-state index in [0.29, 0.717) is 6.61 Å². The molecule has 3 rings (SSSR count). The number of hydrogen-bond donors (Lipinski definition) is 1. The molecule has 94 valence electrons. The lowest BCUT2D eigenvalue weighted by Crippen LogP contribution is -2.20. The molecule has 4 nitrogen and oxygen atoms in total. The molecule has 18 heavy (non-hydrogen) atoms. The van der Waals surface area contributed by atoms with Crippen LogP contribution in [0.1, 0.15) is 29.7 Å². The van der Waals surface area contributed by atoms with Crippen LogP contribution < -0.4 is 4.74 Å². The second kappa shape index (κ2) is 4.46. The first kappa shape index (κ1) is 11.3. The molecule has 0 spiro atoms. The van der Waals surface area contributed by atoms with E-state index in [9.17, 15) is 5.11 Å². The predicted molar refractivity (Wildman–Crippen MR) is 67.5 cm³/mol. The summed E-state index contributed by atoms with van der Waals surface area (Å²) in [5.41, 5.74) is 1.79. The number of imidazole rings is 1. The highest BCUT2D eigenvalue weighted by Gasteiger charge is 2.29. The number of nitrogens with zero attached hydrogens (tertiary/aromatic N) is 2. The first-order chi connectivity index (χ1) is 8.75. The molecule has 1 aliphatic heterocycles. The number of aromatic nitrogens is 2. The molecule has 0 radical (unpaired) electrons. The Bertz CT molecular complexity index is 550. The van der Waals surface area contributed by atoms with E-state index in [2.05, 4.69) is 4.98 Å². The van der Waals surface area contributed by atoms with Gasteiger partial charge in [-0.15, -0.1) is 0 Å². The van der Waals surface area contributed by atoms with Gasteiger partial charge in [0, 0.05) is 24.7 Å². The van der Waals surface area contributed by atoms with Gasteiger partial charge >= 0.3 is 0 Å². The van der Waals surface area contributed by atoms with Gasteiger partial charge in [0.2, 0.25) is 0 Å². The molecule has 2 aromatic rings. The van der Waals surface area contributed by atoms with Crippen LogP contribution in [0.3, 0.4) is 0 Å². The fraction of sp³-hybridized carbons (Fsp3) is 0.357. The topological polar surface area (TPSA) is 47.3 Å². The Labute approximate surface area is 106 Å². The molecule has 0 bridgehead atoms. The Morgan fingerprint density at radius 1 is 1.44 bits per heavy atom. The Kier molecular flexibility index (Phi) is 2.80. The molecule has 4 heteroatoms. The van der Waals surface area contributed by atoms with Gasteiger partial charge in [0.05, 0.1) is 18.6 Å². The number of rotatable bonds is 2. The minimum absolute atomic E-state index is 0.0600. The standard InChI is InChI=1S/C14H16N2O2/c1-16-8-12(15-9-16)14(17)11-6-7-18-13-5-3-2-4-10(11)13/h2-5,8-9,11,14,17H,6-7H2,1H3. The van der Waals surface area contributed by atoms with Crippen molar-refractivity contribution in [3.8, 4) is 5.75 Å². The Morgan fingerprint density at radius 2 is 2.28 bits per heavy atom. The fourth-order valence-corrected chi connectivity index (χ4v) is 2.49. The zero-order valence-corrected chi connectivity index (χ0v) is 10.3. The number of aryl methyl sites for hydroxylation is 1. The Hall–Kier alpha value is -1.81. The molecular formula is C14H16N2O2. The molecule has 1 N–H and O–H groups in total. The van der Waals surface area contributed by atoms with Crippen molar-refractivity contribution in [1.29, 1.82) is 0 Å². The lowest BCUT2D eigenvalue weighted by molar-refractivity contribution is 0.114. The van der Waals surface area contributed by atoms with Crippen LogP contribution in [0.25, 0.3) is 0 Å². The van der Waals surface area contributed by atoms with E-state index >= 15 is 0 Å². The van der Waals surface area contributed by atoms with Crippen LogP contribution in [0.2, 0.25) is 0 Å². The van der Waals surface area contributed by atoms with Crippen molar-refractivity contribution in [2.45, 2.75) is 18.4 Å². The average Bonchev–Trinajstić information content (AvgIpc) is 2.84.